The summed E-state index contributed by atoms with van der Waals surface area (Å²) in [5.74, 6) is 0. The van der Waals surface area contributed by atoms with E-state index in [9.17, 15) is 4.79 Å². The van der Waals surface area contributed by atoms with Gasteiger partial charge in [-0.1, -0.05) is 30.3 Å². The summed E-state index contributed by atoms with van der Waals surface area (Å²) < 4.78 is 11.0. The molecule has 0 radical (unpaired) electrons. The Labute approximate surface area is 127 Å². The van der Waals surface area contributed by atoms with Crippen LogP contribution in [-0.2, 0) is 16.1 Å². The second kappa shape index (κ2) is 8.03. The molecule has 1 aromatic rings. The standard InChI is InChI=1S/C17H27NO3/c1-13(18-16(19)21-17(3,4)5)11-14(2)20-12-15-9-7-6-8-10-15/h6-10,13-14H,11-12H2,1-5H3,(H,18,19). The molecule has 118 valence electrons. The van der Waals surface area contributed by atoms with Gasteiger partial charge in [-0.15, -0.1) is 0 Å². The summed E-state index contributed by atoms with van der Waals surface area (Å²) in [6.45, 7) is 10.1. The number of benzene rings is 1. The average Bonchev–Trinajstić information content (AvgIpc) is 2.35. The molecule has 0 heterocycles. The quantitative estimate of drug-likeness (QED) is 0.865. The van der Waals surface area contributed by atoms with Gasteiger partial charge in [0.05, 0.1) is 12.7 Å². The van der Waals surface area contributed by atoms with Crippen LogP contribution < -0.4 is 5.32 Å². The molecule has 1 rings (SSSR count). The van der Waals surface area contributed by atoms with Gasteiger partial charge in [-0.25, -0.2) is 4.79 Å². The molecule has 0 aliphatic rings. The molecule has 0 saturated heterocycles. The number of hydrogen-bond donors (Lipinski definition) is 1. The maximum atomic E-state index is 11.7. The molecule has 2 atom stereocenters. The maximum Gasteiger partial charge on any atom is 0.407 e. The third-order valence-electron chi connectivity index (χ3n) is 2.83. The van der Waals surface area contributed by atoms with Crippen molar-refractivity contribution in [2.24, 2.45) is 0 Å². The fourth-order valence-corrected chi connectivity index (χ4v) is 1.95. The van der Waals surface area contributed by atoms with E-state index < -0.39 is 5.60 Å². The lowest BCUT2D eigenvalue weighted by Gasteiger charge is -2.23. The van der Waals surface area contributed by atoms with Crippen LogP contribution in [-0.4, -0.2) is 23.8 Å². The summed E-state index contributed by atoms with van der Waals surface area (Å²) in [5.41, 5.74) is 0.677. The zero-order chi connectivity index (χ0) is 15.9. The second-order valence-electron chi connectivity index (χ2n) is 6.39. The predicted octanol–water partition coefficient (Wildman–Crippen LogP) is 3.90. The van der Waals surface area contributed by atoms with Crippen molar-refractivity contribution < 1.29 is 14.3 Å². The van der Waals surface area contributed by atoms with Gasteiger partial charge < -0.3 is 14.8 Å². The molecule has 21 heavy (non-hydrogen) atoms. The minimum Gasteiger partial charge on any atom is -0.444 e. The van der Waals surface area contributed by atoms with Crippen LogP contribution in [0, 0.1) is 0 Å². The summed E-state index contributed by atoms with van der Waals surface area (Å²) in [5, 5.41) is 2.82. The van der Waals surface area contributed by atoms with E-state index in [0.29, 0.717) is 6.61 Å². The Morgan fingerprint density at radius 3 is 2.38 bits per heavy atom. The lowest BCUT2D eigenvalue weighted by molar-refractivity contribution is 0.0342. The van der Waals surface area contributed by atoms with E-state index in [2.05, 4.69) is 5.32 Å². The minimum absolute atomic E-state index is 0.00521. The first-order chi connectivity index (χ1) is 9.76. The number of nitrogens with one attached hydrogen (secondary N) is 1. The van der Waals surface area contributed by atoms with Crippen molar-refractivity contribution in [3.63, 3.8) is 0 Å². The Hall–Kier alpha value is -1.55. The van der Waals surface area contributed by atoms with Gasteiger partial charge in [0.1, 0.15) is 5.60 Å². The van der Waals surface area contributed by atoms with Gasteiger partial charge >= 0.3 is 6.09 Å². The molecule has 0 spiro atoms. The van der Waals surface area contributed by atoms with E-state index >= 15 is 0 Å². The Bertz CT molecular complexity index is 425. The van der Waals surface area contributed by atoms with Crippen LogP contribution in [0.25, 0.3) is 0 Å². The van der Waals surface area contributed by atoms with Crippen molar-refractivity contribution in [2.75, 3.05) is 0 Å². The molecule has 0 bridgehead atoms. The van der Waals surface area contributed by atoms with Gasteiger partial charge in [0, 0.05) is 6.04 Å². The monoisotopic (exact) mass is 293 g/mol. The molecule has 1 aromatic carbocycles. The number of rotatable bonds is 6. The zero-order valence-corrected chi connectivity index (χ0v) is 13.7. The molecule has 2 unspecified atom stereocenters. The van der Waals surface area contributed by atoms with E-state index in [4.69, 9.17) is 9.47 Å². The van der Waals surface area contributed by atoms with Crippen LogP contribution >= 0.6 is 0 Å². The molecule has 1 amide bonds. The Morgan fingerprint density at radius 1 is 1.19 bits per heavy atom. The summed E-state index contributed by atoms with van der Waals surface area (Å²) in [4.78, 5) is 11.7. The molecule has 4 nitrogen and oxygen atoms in total. The van der Waals surface area contributed by atoms with Crippen molar-refractivity contribution in [1.29, 1.82) is 0 Å². The first-order valence-electron chi connectivity index (χ1n) is 7.41. The number of carbonyl (C=O) groups excluding carboxylic acids is 1. The summed E-state index contributed by atoms with van der Waals surface area (Å²) in [6.07, 6.45) is 0.423. The number of amides is 1. The van der Waals surface area contributed by atoms with E-state index in [0.717, 1.165) is 12.0 Å². The molecular weight excluding hydrogens is 266 g/mol. The van der Waals surface area contributed by atoms with E-state index in [1.165, 1.54) is 0 Å². The first-order valence-corrected chi connectivity index (χ1v) is 7.41. The van der Waals surface area contributed by atoms with Crippen LogP contribution in [0.5, 0.6) is 0 Å². The van der Waals surface area contributed by atoms with Crippen molar-refractivity contribution in [2.45, 2.75) is 65.4 Å². The van der Waals surface area contributed by atoms with Crippen LogP contribution in [0.2, 0.25) is 0 Å². The summed E-state index contributed by atoms with van der Waals surface area (Å²) in [6, 6.07) is 10.1. The smallest absolute Gasteiger partial charge is 0.407 e. The highest BCUT2D eigenvalue weighted by Crippen LogP contribution is 2.10. The average molecular weight is 293 g/mol. The maximum absolute atomic E-state index is 11.7. The van der Waals surface area contributed by atoms with Gasteiger partial charge in [-0.2, -0.15) is 0 Å². The molecule has 0 aliphatic carbocycles. The Kier molecular flexibility index (Phi) is 6.69. The summed E-state index contributed by atoms with van der Waals surface area (Å²) >= 11 is 0. The van der Waals surface area contributed by atoms with Gasteiger partial charge in [0.2, 0.25) is 0 Å². The minimum atomic E-state index is -0.473. The fraction of sp³-hybridized carbons (Fsp3) is 0.588. The van der Waals surface area contributed by atoms with Gasteiger partial charge in [-0.05, 0) is 46.6 Å². The van der Waals surface area contributed by atoms with Crippen molar-refractivity contribution in [3.8, 4) is 0 Å². The number of carbonyl (C=O) groups is 1. The molecule has 1 N–H and O–H groups in total. The van der Waals surface area contributed by atoms with Gasteiger partial charge in [0.15, 0.2) is 0 Å². The van der Waals surface area contributed by atoms with Gasteiger partial charge in [-0.3, -0.25) is 0 Å². The van der Waals surface area contributed by atoms with Gasteiger partial charge in [0.25, 0.3) is 0 Å². The van der Waals surface area contributed by atoms with Crippen LogP contribution in [0.3, 0.4) is 0 Å². The van der Waals surface area contributed by atoms with Crippen LogP contribution in [0.15, 0.2) is 30.3 Å². The lowest BCUT2D eigenvalue weighted by atomic mass is 10.1. The van der Waals surface area contributed by atoms with Crippen LogP contribution in [0.4, 0.5) is 4.79 Å². The normalized spacial score (nSPS) is 14.3. The fourth-order valence-electron chi connectivity index (χ4n) is 1.95. The molecule has 0 saturated carbocycles. The van der Waals surface area contributed by atoms with E-state index in [1.807, 2.05) is 65.0 Å². The van der Waals surface area contributed by atoms with Crippen LogP contribution in [0.1, 0.15) is 46.6 Å². The lowest BCUT2D eigenvalue weighted by Crippen LogP contribution is -2.39. The van der Waals surface area contributed by atoms with E-state index in [-0.39, 0.29) is 18.2 Å². The predicted molar refractivity (Wildman–Crippen MR) is 84.1 cm³/mol. The van der Waals surface area contributed by atoms with E-state index in [1.54, 1.807) is 0 Å². The third kappa shape index (κ3) is 8.35. The second-order valence-corrected chi connectivity index (χ2v) is 6.39. The first kappa shape index (κ1) is 17.5. The van der Waals surface area contributed by atoms with Crippen molar-refractivity contribution in [3.05, 3.63) is 35.9 Å². The largest absolute Gasteiger partial charge is 0.444 e. The number of hydrogen-bond acceptors (Lipinski definition) is 3. The highest BCUT2D eigenvalue weighted by molar-refractivity contribution is 5.68. The highest BCUT2D eigenvalue weighted by atomic mass is 16.6. The topological polar surface area (TPSA) is 47.6 Å². The third-order valence-corrected chi connectivity index (χ3v) is 2.83. The molecule has 4 heteroatoms. The van der Waals surface area contributed by atoms with Crippen molar-refractivity contribution in [1.82, 2.24) is 5.32 Å². The number of ether oxygens (including phenoxy) is 2. The van der Waals surface area contributed by atoms with Crippen molar-refractivity contribution >= 4 is 6.09 Å². The highest BCUT2D eigenvalue weighted by Gasteiger charge is 2.18. The zero-order valence-electron chi connectivity index (χ0n) is 13.7. The molecule has 0 aliphatic heterocycles. The summed E-state index contributed by atoms with van der Waals surface area (Å²) in [7, 11) is 0. The SMILES string of the molecule is CC(CC(C)OCc1ccccc1)NC(=O)OC(C)(C)C. The molecular formula is C17H27NO3. The Balaban J connectivity index is 2.27. The molecule has 0 aromatic heterocycles. The Morgan fingerprint density at radius 2 is 1.81 bits per heavy atom. The molecule has 0 fully saturated rings. The number of alkyl carbamates (subject to hydrolysis) is 1.